The van der Waals surface area contributed by atoms with Gasteiger partial charge in [-0.1, -0.05) is 30.3 Å². The molecule has 0 spiro atoms. The number of nitrogens with one attached hydrogen (secondary N) is 1. The van der Waals surface area contributed by atoms with Crippen molar-refractivity contribution < 1.29 is 26.6 Å². The minimum atomic E-state index is -0.784. The number of morpholine rings is 1. The first-order valence-electron chi connectivity index (χ1n) is 12.2. The fourth-order valence-corrected chi connectivity index (χ4v) is 4.46. The van der Waals surface area contributed by atoms with Gasteiger partial charge >= 0.3 is 0 Å². The van der Waals surface area contributed by atoms with E-state index in [0.717, 1.165) is 38.4 Å². The van der Waals surface area contributed by atoms with E-state index >= 15 is 0 Å². The largest absolute Gasteiger partial charge is 0.489 e. The van der Waals surface area contributed by atoms with Gasteiger partial charge in [-0.3, -0.25) is 24.6 Å². The smallest absolute Gasteiger partial charge is 0.255 e. The molecule has 172 valence electrons. The molecule has 3 aliphatic heterocycles. The molecule has 2 aromatic rings. The Balaban J connectivity index is 1.30. The van der Waals surface area contributed by atoms with Crippen molar-refractivity contribution in [2.45, 2.75) is 38.6 Å². The molecule has 2 saturated heterocycles. The summed E-state index contributed by atoms with van der Waals surface area (Å²) in [6.07, 6.45) is 0.386. The number of rotatable bonds is 6. The molecule has 3 heterocycles. The fourth-order valence-electron chi connectivity index (χ4n) is 4.46. The summed E-state index contributed by atoms with van der Waals surface area (Å²) in [6, 6.07) is 8.56. The highest BCUT2D eigenvalue weighted by atomic mass is 16.5. The van der Waals surface area contributed by atoms with Crippen LogP contribution in [0.15, 0.2) is 42.4 Å². The first-order chi connectivity index (χ1) is 16.9. The molecule has 0 aliphatic carbocycles. The summed E-state index contributed by atoms with van der Waals surface area (Å²) in [5.41, 5.74) is 2.72. The third kappa shape index (κ3) is 4.62. The van der Waals surface area contributed by atoms with Crippen LogP contribution in [0.25, 0.3) is 0 Å². The van der Waals surface area contributed by atoms with Gasteiger partial charge in [0.1, 0.15) is 18.4 Å². The van der Waals surface area contributed by atoms with Gasteiger partial charge in [0, 0.05) is 37.2 Å². The van der Waals surface area contributed by atoms with Gasteiger partial charge in [-0.15, -0.1) is 0 Å². The van der Waals surface area contributed by atoms with Gasteiger partial charge in [0.25, 0.3) is 5.91 Å². The Morgan fingerprint density at radius 3 is 2.61 bits per heavy atom. The number of nitrogens with zero attached hydrogens (tertiary/aromatic N) is 2. The van der Waals surface area contributed by atoms with E-state index in [1.165, 1.54) is 16.5 Å². The average Bonchev–Trinajstić information content (AvgIpc) is 3.18. The van der Waals surface area contributed by atoms with E-state index in [-0.39, 0.29) is 55.3 Å². The van der Waals surface area contributed by atoms with E-state index < -0.39 is 17.9 Å². The van der Waals surface area contributed by atoms with Gasteiger partial charge in [0.2, 0.25) is 11.8 Å². The number of benzene rings is 2. The molecule has 5 rings (SSSR count). The number of hydrogen-bond donors (Lipinski definition) is 1. The summed E-state index contributed by atoms with van der Waals surface area (Å²) in [7, 11) is 0. The number of ether oxygens (including phenoxy) is 2. The summed E-state index contributed by atoms with van der Waals surface area (Å²) in [4.78, 5) is 40.7. The van der Waals surface area contributed by atoms with Crippen LogP contribution in [0.3, 0.4) is 0 Å². The van der Waals surface area contributed by atoms with Crippen molar-refractivity contribution >= 4 is 17.7 Å². The van der Waals surface area contributed by atoms with E-state index in [2.05, 4.69) is 22.3 Å². The van der Waals surface area contributed by atoms with Crippen molar-refractivity contribution in [2.24, 2.45) is 0 Å². The molecule has 33 heavy (non-hydrogen) atoms. The Bertz CT molecular complexity index is 1160. The van der Waals surface area contributed by atoms with Crippen molar-refractivity contribution in [1.29, 1.82) is 0 Å². The maximum Gasteiger partial charge on any atom is 0.255 e. The van der Waals surface area contributed by atoms with Gasteiger partial charge in [-0.2, -0.15) is 0 Å². The molecule has 2 fully saturated rings. The lowest BCUT2D eigenvalue weighted by Gasteiger charge is -2.29. The highest BCUT2D eigenvalue weighted by Gasteiger charge is 2.40. The van der Waals surface area contributed by atoms with Gasteiger partial charge < -0.3 is 14.4 Å². The number of fused-ring (bicyclic) bond motifs is 1. The maximum absolute atomic E-state index is 13.1. The maximum atomic E-state index is 13.1. The zero-order valence-electron chi connectivity index (χ0n) is 20.3. The SMILES string of the molecule is [2H]c1cc([2H])c2c(c1OCc1ccc(CN3CCOCC3)cc1)CN(C1CCC(=O)NC1=O)C2=O. The van der Waals surface area contributed by atoms with Crippen molar-refractivity contribution in [3.63, 3.8) is 0 Å². The van der Waals surface area contributed by atoms with Gasteiger partial charge in [0.05, 0.1) is 22.5 Å². The third-order valence-electron chi connectivity index (χ3n) is 6.30. The van der Waals surface area contributed by atoms with Crippen LogP contribution in [0, 0.1) is 0 Å². The second-order valence-electron chi connectivity index (χ2n) is 8.51. The predicted octanol–water partition coefficient (Wildman–Crippen LogP) is 1.86. The van der Waals surface area contributed by atoms with Crippen LogP contribution in [0.5, 0.6) is 5.75 Å². The van der Waals surface area contributed by atoms with Crippen LogP contribution in [-0.2, 0) is 34.0 Å². The monoisotopic (exact) mass is 451 g/mol. The van der Waals surface area contributed by atoms with Crippen molar-refractivity contribution in [3.05, 3.63) is 64.7 Å². The standard InChI is InChI=1S/C25H27N3O5/c29-23-9-8-21(24(30)26-23)28-15-20-19(25(28)31)2-1-3-22(20)33-16-18-6-4-17(5-7-18)14-27-10-12-32-13-11-27/h1-7,21H,8-16H2,(H,26,29,30)/i2D,3D. The molecule has 1 atom stereocenters. The molecule has 1 unspecified atom stereocenters. The van der Waals surface area contributed by atoms with E-state index in [4.69, 9.17) is 12.2 Å². The number of imide groups is 1. The zero-order chi connectivity index (χ0) is 24.5. The van der Waals surface area contributed by atoms with Crippen molar-refractivity contribution in [2.75, 3.05) is 26.3 Å². The van der Waals surface area contributed by atoms with Gasteiger partial charge in [-0.25, -0.2) is 0 Å². The van der Waals surface area contributed by atoms with E-state index in [1.807, 2.05) is 12.1 Å². The highest BCUT2D eigenvalue weighted by Crippen LogP contribution is 2.34. The highest BCUT2D eigenvalue weighted by molar-refractivity contribution is 6.05. The first-order valence-corrected chi connectivity index (χ1v) is 11.2. The Hall–Kier alpha value is -3.23. The summed E-state index contributed by atoms with van der Waals surface area (Å²) in [6.45, 7) is 4.48. The molecular formula is C25H27N3O5. The molecule has 8 nitrogen and oxygen atoms in total. The lowest BCUT2D eigenvalue weighted by atomic mass is 10.0. The summed E-state index contributed by atoms with van der Waals surface area (Å²) >= 11 is 0. The van der Waals surface area contributed by atoms with Crippen LogP contribution in [-0.4, -0.2) is 59.9 Å². The summed E-state index contributed by atoms with van der Waals surface area (Å²) in [5.74, 6) is -1.07. The number of piperidine rings is 1. The molecule has 3 amide bonds. The molecule has 0 saturated carbocycles. The van der Waals surface area contributed by atoms with Gasteiger partial charge in [-0.05, 0) is 29.6 Å². The zero-order valence-corrected chi connectivity index (χ0v) is 18.3. The van der Waals surface area contributed by atoms with Crippen LogP contribution in [0.1, 0.15) is 42.6 Å². The quantitative estimate of drug-likeness (QED) is 0.675. The van der Waals surface area contributed by atoms with Crippen molar-refractivity contribution in [1.82, 2.24) is 15.1 Å². The Morgan fingerprint density at radius 1 is 1.09 bits per heavy atom. The van der Waals surface area contributed by atoms with Crippen LogP contribution in [0.4, 0.5) is 0 Å². The second kappa shape index (κ2) is 9.33. The molecular weight excluding hydrogens is 422 g/mol. The average molecular weight is 452 g/mol. The first kappa shape index (κ1) is 19.3. The normalized spacial score (nSPS) is 22.0. The topological polar surface area (TPSA) is 88.2 Å². The molecule has 0 aromatic heterocycles. The molecule has 8 heteroatoms. The number of amides is 3. The number of hydrogen-bond acceptors (Lipinski definition) is 6. The fraction of sp³-hybridized carbons (Fsp3) is 0.400. The van der Waals surface area contributed by atoms with Gasteiger partial charge in [0.15, 0.2) is 0 Å². The summed E-state index contributed by atoms with van der Waals surface area (Å²) in [5, 5.41) is 2.27. The molecule has 0 radical (unpaired) electrons. The molecule has 2 aromatic carbocycles. The van der Waals surface area contributed by atoms with Crippen LogP contribution >= 0.6 is 0 Å². The minimum absolute atomic E-state index is 0.0237. The third-order valence-corrected chi connectivity index (χ3v) is 6.30. The molecule has 0 bridgehead atoms. The second-order valence-corrected chi connectivity index (χ2v) is 8.51. The Morgan fingerprint density at radius 2 is 1.85 bits per heavy atom. The van der Waals surface area contributed by atoms with E-state index in [0.29, 0.717) is 5.56 Å². The number of carbonyl (C=O) groups excluding carboxylic acids is 3. The minimum Gasteiger partial charge on any atom is -0.489 e. The Kier molecular flexibility index (Phi) is 5.44. The number of carbonyl (C=O) groups is 3. The predicted molar refractivity (Wildman–Crippen MR) is 119 cm³/mol. The summed E-state index contributed by atoms with van der Waals surface area (Å²) < 4.78 is 28.0. The van der Waals surface area contributed by atoms with Crippen LogP contribution < -0.4 is 10.1 Å². The molecule has 3 aliphatic rings. The lowest BCUT2D eigenvalue weighted by molar-refractivity contribution is -0.136. The van der Waals surface area contributed by atoms with Crippen LogP contribution in [0.2, 0.25) is 0 Å². The van der Waals surface area contributed by atoms with E-state index in [9.17, 15) is 14.4 Å². The van der Waals surface area contributed by atoms with E-state index in [1.54, 1.807) is 0 Å². The van der Waals surface area contributed by atoms with Crippen molar-refractivity contribution in [3.8, 4) is 5.75 Å². The lowest BCUT2D eigenvalue weighted by Crippen LogP contribution is -2.52. The molecule has 1 N–H and O–H groups in total. The Labute approximate surface area is 195 Å².